The van der Waals surface area contributed by atoms with Gasteiger partial charge < -0.3 is 14.7 Å². The molecule has 0 spiro atoms. The normalized spacial score (nSPS) is 16.5. The number of nitrogens with zero attached hydrogens (tertiary/aromatic N) is 1. The van der Waals surface area contributed by atoms with Crippen LogP contribution < -0.4 is 4.74 Å². The van der Waals surface area contributed by atoms with E-state index in [2.05, 4.69) is 13.8 Å². The third-order valence-electron chi connectivity index (χ3n) is 4.20. The van der Waals surface area contributed by atoms with Gasteiger partial charge in [-0.15, -0.1) is 0 Å². The summed E-state index contributed by atoms with van der Waals surface area (Å²) in [4.78, 5) is 14.3. The lowest BCUT2D eigenvalue weighted by atomic mass is 9.86. The second-order valence-electron chi connectivity index (χ2n) is 5.76. The van der Waals surface area contributed by atoms with E-state index in [4.69, 9.17) is 4.74 Å². The van der Waals surface area contributed by atoms with Crippen LogP contribution in [0.4, 0.5) is 0 Å². The molecule has 0 bridgehead atoms. The van der Waals surface area contributed by atoms with E-state index >= 15 is 0 Å². The van der Waals surface area contributed by atoms with Gasteiger partial charge in [-0.3, -0.25) is 4.79 Å². The van der Waals surface area contributed by atoms with Crippen molar-refractivity contribution < 1.29 is 14.6 Å². The van der Waals surface area contributed by atoms with Crippen molar-refractivity contribution in [3.63, 3.8) is 0 Å². The standard InChI is InChI=1S/C16H23NO3/c1-11(2)12-6-8-17(9-7-12)16(19)14-5-4-13(20-3)10-15(14)18/h4-5,10-12,18H,6-9H2,1-3H3. The van der Waals surface area contributed by atoms with E-state index in [-0.39, 0.29) is 11.7 Å². The summed E-state index contributed by atoms with van der Waals surface area (Å²) in [5.74, 6) is 1.82. The zero-order valence-electron chi connectivity index (χ0n) is 12.4. The quantitative estimate of drug-likeness (QED) is 0.924. The molecule has 0 atom stereocenters. The molecule has 4 heteroatoms. The van der Waals surface area contributed by atoms with Gasteiger partial charge >= 0.3 is 0 Å². The van der Waals surface area contributed by atoms with Crippen LogP contribution in [0.2, 0.25) is 0 Å². The first-order valence-corrected chi connectivity index (χ1v) is 7.19. The van der Waals surface area contributed by atoms with Crippen molar-refractivity contribution in [2.75, 3.05) is 20.2 Å². The van der Waals surface area contributed by atoms with Gasteiger partial charge in [0.05, 0.1) is 12.7 Å². The maximum atomic E-state index is 12.4. The Labute approximate surface area is 120 Å². The Bertz CT molecular complexity index is 477. The van der Waals surface area contributed by atoms with Crippen LogP contribution in [0.5, 0.6) is 11.5 Å². The van der Waals surface area contributed by atoms with Crippen molar-refractivity contribution in [2.45, 2.75) is 26.7 Å². The molecule has 0 saturated carbocycles. The van der Waals surface area contributed by atoms with E-state index in [0.717, 1.165) is 25.9 Å². The molecule has 1 aromatic rings. The summed E-state index contributed by atoms with van der Waals surface area (Å²) in [5, 5.41) is 9.94. The number of phenolic OH excluding ortho intramolecular Hbond substituents is 1. The second-order valence-corrected chi connectivity index (χ2v) is 5.76. The SMILES string of the molecule is COc1ccc(C(=O)N2CCC(C(C)C)CC2)c(O)c1. The zero-order chi connectivity index (χ0) is 14.7. The summed E-state index contributed by atoms with van der Waals surface area (Å²) in [6.45, 7) is 6.01. The number of aromatic hydroxyl groups is 1. The van der Waals surface area contributed by atoms with Gasteiger partial charge in [0.2, 0.25) is 0 Å². The summed E-state index contributed by atoms with van der Waals surface area (Å²) in [6.07, 6.45) is 2.08. The summed E-state index contributed by atoms with van der Waals surface area (Å²) in [5.41, 5.74) is 0.355. The molecule has 4 nitrogen and oxygen atoms in total. The highest BCUT2D eigenvalue weighted by Crippen LogP contribution is 2.28. The van der Waals surface area contributed by atoms with Crippen LogP contribution in [-0.4, -0.2) is 36.1 Å². The van der Waals surface area contributed by atoms with Crippen LogP contribution in [0.15, 0.2) is 18.2 Å². The van der Waals surface area contributed by atoms with E-state index in [0.29, 0.717) is 23.1 Å². The van der Waals surface area contributed by atoms with Crippen LogP contribution in [0.25, 0.3) is 0 Å². The van der Waals surface area contributed by atoms with Gasteiger partial charge in [0.1, 0.15) is 11.5 Å². The first-order chi connectivity index (χ1) is 9.52. The molecule has 0 radical (unpaired) electrons. The molecule has 0 aliphatic carbocycles. The molecule has 2 rings (SSSR count). The Balaban J connectivity index is 2.05. The Morgan fingerprint density at radius 3 is 2.50 bits per heavy atom. The highest BCUT2D eigenvalue weighted by atomic mass is 16.5. The smallest absolute Gasteiger partial charge is 0.257 e. The first kappa shape index (κ1) is 14.7. The third kappa shape index (κ3) is 3.06. The van der Waals surface area contributed by atoms with Gasteiger partial charge in [0.25, 0.3) is 5.91 Å². The largest absolute Gasteiger partial charge is 0.507 e. The van der Waals surface area contributed by atoms with Crippen molar-refractivity contribution >= 4 is 5.91 Å². The van der Waals surface area contributed by atoms with Gasteiger partial charge in [-0.25, -0.2) is 0 Å². The van der Waals surface area contributed by atoms with Gasteiger partial charge in [-0.2, -0.15) is 0 Å². The van der Waals surface area contributed by atoms with Crippen molar-refractivity contribution in [2.24, 2.45) is 11.8 Å². The number of methoxy groups -OCH3 is 1. The number of likely N-dealkylation sites (tertiary alicyclic amines) is 1. The van der Waals surface area contributed by atoms with E-state index in [1.54, 1.807) is 12.1 Å². The molecule has 1 aliphatic heterocycles. The summed E-state index contributed by atoms with van der Waals surface area (Å²) < 4.78 is 5.03. The molecule has 1 heterocycles. The van der Waals surface area contributed by atoms with Crippen LogP contribution in [-0.2, 0) is 0 Å². The summed E-state index contributed by atoms with van der Waals surface area (Å²) in [6, 6.07) is 4.81. The maximum absolute atomic E-state index is 12.4. The lowest BCUT2D eigenvalue weighted by molar-refractivity contribution is 0.0664. The molecule has 1 amide bonds. The Hall–Kier alpha value is -1.71. The van der Waals surface area contributed by atoms with Crippen LogP contribution in [0, 0.1) is 11.8 Å². The number of carbonyl (C=O) groups is 1. The number of amides is 1. The highest BCUT2D eigenvalue weighted by Gasteiger charge is 2.26. The molecular formula is C16H23NO3. The van der Waals surface area contributed by atoms with Gasteiger partial charge in [0.15, 0.2) is 0 Å². The van der Waals surface area contributed by atoms with E-state index < -0.39 is 0 Å². The summed E-state index contributed by atoms with van der Waals surface area (Å²) >= 11 is 0. The Kier molecular flexibility index (Phi) is 4.53. The molecule has 1 N–H and O–H groups in total. The van der Waals surface area contributed by atoms with Gasteiger partial charge in [-0.1, -0.05) is 13.8 Å². The fourth-order valence-corrected chi connectivity index (χ4v) is 2.76. The predicted octanol–water partition coefficient (Wildman–Crippen LogP) is 2.91. The van der Waals surface area contributed by atoms with Crippen LogP contribution in [0.1, 0.15) is 37.0 Å². The monoisotopic (exact) mass is 277 g/mol. The molecule has 0 aromatic heterocycles. The molecular weight excluding hydrogens is 254 g/mol. The zero-order valence-corrected chi connectivity index (χ0v) is 12.4. The number of rotatable bonds is 3. The minimum absolute atomic E-state index is 0.0136. The number of ether oxygens (including phenoxy) is 1. The molecule has 0 unspecified atom stereocenters. The van der Waals surface area contributed by atoms with Crippen molar-refractivity contribution in [3.05, 3.63) is 23.8 Å². The topological polar surface area (TPSA) is 49.8 Å². The number of hydrogen-bond donors (Lipinski definition) is 1. The Morgan fingerprint density at radius 2 is 2.00 bits per heavy atom. The predicted molar refractivity (Wildman–Crippen MR) is 78.1 cm³/mol. The van der Waals surface area contributed by atoms with Crippen molar-refractivity contribution in [3.8, 4) is 11.5 Å². The molecule has 1 aromatic carbocycles. The van der Waals surface area contributed by atoms with Crippen LogP contribution in [0.3, 0.4) is 0 Å². The number of benzene rings is 1. The first-order valence-electron chi connectivity index (χ1n) is 7.19. The lowest BCUT2D eigenvalue weighted by Gasteiger charge is -2.34. The van der Waals surface area contributed by atoms with Crippen molar-refractivity contribution in [1.29, 1.82) is 0 Å². The van der Waals surface area contributed by atoms with E-state index in [1.165, 1.54) is 13.2 Å². The minimum atomic E-state index is -0.0904. The molecule has 20 heavy (non-hydrogen) atoms. The average Bonchev–Trinajstić information content (AvgIpc) is 2.46. The fourth-order valence-electron chi connectivity index (χ4n) is 2.76. The second kappa shape index (κ2) is 6.16. The van der Waals surface area contributed by atoms with E-state index in [9.17, 15) is 9.90 Å². The fraction of sp³-hybridized carbons (Fsp3) is 0.562. The highest BCUT2D eigenvalue weighted by molar-refractivity contribution is 5.97. The Morgan fingerprint density at radius 1 is 1.35 bits per heavy atom. The third-order valence-corrected chi connectivity index (χ3v) is 4.20. The number of piperidine rings is 1. The molecule has 1 saturated heterocycles. The molecule has 110 valence electrons. The summed E-state index contributed by atoms with van der Waals surface area (Å²) in [7, 11) is 1.53. The minimum Gasteiger partial charge on any atom is -0.507 e. The van der Waals surface area contributed by atoms with Crippen LogP contribution >= 0.6 is 0 Å². The maximum Gasteiger partial charge on any atom is 0.257 e. The van der Waals surface area contributed by atoms with Crippen molar-refractivity contribution in [1.82, 2.24) is 4.90 Å². The van der Waals surface area contributed by atoms with Gasteiger partial charge in [-0.05, 0) is 36.8 Å². The van der Waals surface area contributed by atoms with Gasteiger partial charge in [0, 0.05) is 19.2 Å². The number of phenols is 1. The number of hydrogen-bond acceptors (Lipinski definition) is 3. The average molecular weight is 277 g/mol. The lowest BCUT2D eigenvalue weighted by Crippen LogP contribution is -2.39. The number of carbonyl (C=O) groups excluding carboxylic acids is 1. The van der Waals surface area contributed by atoms with E-state index in [1.807, 2.05) is 4.90 Å². The molecule has 1 aliphatic rings. The molecule has 1 fully saturated rings.